The summed E-state index contributed by atoms with van der Waals surface area (Å²) in [4.78, 5) is 0. The first-order valence-electron chi connectivity index (χ1n) is 5.82. The van der Waals surface area contributed by atoms with Crippen LogP contribution < -0.4 is 4.74 Å². The zero-order chi connectivity index (χ0) is 14.4. The highest BCUT2D eigenvalue weighted by molar-refractivity contribution is 5.73. The van der Waals surface area contributed by atoms with E-state index in [2.05, 4.69) is 0 Å². The van der Waals surface area contributed by atoms with Crippen molar-refractivity contribution in [2.75, 3.05) is 0 Å². The SMILES string of the molecule is N#CC(C#N)=C(O)c1ccccc1Oc1ccccc1. The van der Waals surface area contributed by atoms with E-state index >= 15 is 0 Å². The second kappa shape index (κ2) is 6.08. The molecule has 0 aliphatic carbocycles. The number of ether oxygens (including phenoxy) is 1. The summed E-state index contributed by atoms with van der Waals surface area (Å²) < 4.78 is 5.66. The van der Waals surface area contributed by atoms with Gasteiger partial charge in [0, 0.05) is 0 Å². The minimum atomic E-state index is -0.387. The van der Waals surface area contributed by atoms with E-state index < -0.39 is 0 Å². The molecule has 2 rings (SSSR count). The fourth-order valence-corrected chi connectivity index (χ4v) is 1.63. The van der Waals surface area contributed by atoms with Crippen LogP contribution in [0.4, 0.5) is 0 Å². The quantitative estimate of drug-likeness (QED) is 0.674. The van der Waals surface area contributed by atoms with Gasteiger partial charge in [0.15, 0.2) is 11.3 Å². The first-order chi connectivity index (χ1) is 9.76. The lowest BCUT2D eigenvalue weighted by Crippen LogP contribution is -1.93. The molecule has 0 saturated heterocycles. The predicted molar refractivity (Wildman–Crippen MR) is 73.7 cm³/mol. The van der Waals surface area contributed by atoms with Crippen molar-refractivity contribution in [2.45, 2.75) is 0 Å². The van der Waals surface area contributed by atoms with Gasteiger partial charge in [-0.2, -0.15) is 10.5 Å². The van der Waals surface area contributed by atoms with Gasteiger partial charge >= 0.3 is 0 Å². The highest BCUT2D eigenvalue weighted by Gasteiger charge is 2.13. The average molecular weight is 262 g/mol. The van der Waals surface area contributed by atoms with E-state index in [0.29, 0.717) is 17.1 Å². The van der Waals surface area contributed by atoms with E-state index in [9.17, 15) is 5.11 Å². The number of nitriles is 2. The Bertz CT molecular complexity index is 706. The highest BCUT2D eigenvalue weighted by Crippen LogP contribution is 2.30. The van der Waals surface area contributed by atoms with E-state index in [1.807, 2.05) is 18.2 Å². The van der Waals surface area contributed by atoms with Gasteiger partial charge in [-0.1, -0.05) is 30.3 Å². The van der Waals surface area contributed by atoms with Crippen LogP contribution in [-0.2, 0) is 0 Å². The van der Waals surface area contributed by atoms with Crippen molar-refractivity contribution < 1.29 is 9.84 Å². The fourth-order valence-electron chi connectivity index (χ4n) is 1.63. The molecule has 0 bridgehead atoms. The number of para-hydroxylation sites is 2. The van der Waals surface area contributed by atoms with Crippen molar-refractivity contribution in [1.29, 1.82) is 10.5 Å². The van der Waals surface area contributed by atoms with Crippen LogP contribution in [0.2, 0.25) is 0 Å². The Balaban J connectivity index is 2.45. The van der Waals surface area contributed by atoms with Crippen molar-refractivity contribution in [3.8, 4) is 23.6 Å². The lowest BCUT2D eigenvalue weighted by molar-refractivity contribution is 0.466. The summed E-state index contributed by atoms with van der Waals surface area (Å²) in [5, 5.41) is 27.6. The zero-order valence-electron chi connectivity index (χ0n) is 10.4. The molecule has 0 saturated carbocycles. The van der Waals surface area contributed by atoms with E-state index in [-0.39, 0.29) is 11.3 Å². The molecule has 0 aromatic heterocycles. The third kappa shape index (κ3) is 2.77. The van der Waals surface area contributed by atoms with Crippen LogP contribution in [0.25, 0.3) is 5.76 Å². The predicted octanol–water partition coefficient (Wildman–Crippen LogP) is 3.80. The molecule has 0 radical (unpaired) electrons. The Morgan fingerprint density at radius 3 is 2.15 bits per heavy atom. The lowest BCUT2D eigenvalue weighted by Gasteiger charge is -2.10. The smallest absolute Gasteiger partial charge is 0.171 e. The van der Waals surface area contributed by atoms with E-state index in [1.54, 1.807) is 48.5 Å². The largest absolute Gasteiger partial charge is 0.505 e. The highest BCUT2D eigenvalue weighted by atomic mass is 16.5. The van der Waals surface area contributed by atoms with Gasteiger partial charge in [0.25, 0.3) is 0 Å². The van der Waals surface area contributed by atoms with E-state index in [4.69, 9.17) is 15.3 Å². The molecular formula is C16H10N2O2. The Hall–Kier alpha value is -3.24. The summed E-state index contributed by atoms with van der Waals surface area (Å²) >= 11 is 0. The van der Waals surface area contributed by atoms with Crippen LogP contribution >= 0.6 is 0 Å². The van der Waals surface area contributed by atoms with Gasteiger partial charge in [-0.3, -0.25) is 0 Å². The Kier molecular flexibility index (Phi) is 4.01. The van der Waals surface area contributed by atoms with Crippen molar-refractivity contribution in [2.24, 2.45) is 0 Å². The number of benzene rings is 2. The summed E-state index contributed by atoms with van der Waals surface area (Å²) in [6.45, 7) is 0. The summed E-state index contributed by atoms with van der Waals surface area (Å²) in [5.74, 6) is 0.587. The Morgan fingerprint density at radius 1 is 0.900 bits per heavy atom. The number of rotatable bonds is 3. The standard InChI is InChI=1S/C16H10N2O2/c17-10-12(11-18)16(19)14-8-4-5-9-15(14)20-13-6-2-1-3-7-13/h1-9,19H. The lowest BCUT2D eigenvalue weighted by atomic mass is 10.1. The second-order valence-corrected chi connectivity index (χ2v) is 3.86. The maximum atomic E-state index is 9.99. The summed E-state index contributed by atoms with van der Waals surface area (Å²) in [7, 11) is 0. The number of hydrogen-bond acceptors (Lipinski definition) is 4. The van der Waals surface area contributed by atoms with Gasteiger partial charge in [-0.05, 0) is 24.3 Å². The molecule has 4 nitrogen and oxygen atoms in total. The van der Waals surface area contributed by atoms with Crippen LogP contribution in [0.15, 0.2) is 60.2 Å². The van der Waals surface area contributed by atoms with Gasteiger partial charge in [-0.25, -0.2) is 0 Å². The molecule has 1 N–H and O–H groups in total. The molecule has 4 heteroatoms. The molecule has 0 atom stereocenters. The van der Waals surface area contributed by atoms with Crippen LogP contribution in [-0.4, -0.2) is 5.11 Å². The molecule has 0 heterocycles. The molecule has 0 amide bonds. The average Bonchev–Trinajstić information content (AvgIpc) is 2.50. The molecule has 2 aromatic rings. The maximum Gasteiger partial charge on any atom is 0.171 e. The van der Waals surface area contributed by atoms with Crippen LogP contribution in [0, 0.1) is 22.7 Å². The monoisotopic (exact) mass is 262 g/mol. The minimum Gasteiger partial charge on any atom is -0.505 e. The number of allylic oxidation sites excluding steroid dienone is 1. The molecule has 2 aromatic carbocycles. The van der Waals surface area contributed by atoms with Gasteiger partial charge < -0.3 is 9.84 Å². The Labute approximate surface area is 116 Å². The normalized spacial score (nSPS) is 9.10. The maximum absolute atomic E-state index is 9.99. The molecule has 20 heavy (non-hydrogen) atoms. The third-order valence-electron chi connectivity index (χ3n) is 2.57. The topological polar surface area (TPSA) is 77.0 Å². The van der Waals surface area contributed by atoms with Crippen molar-refractivity contribution >= 4 is 5.76 Å². The molecule has 0 aliphatic heterocycles. The molecule has 0 spiro atoms. The molecule has 0 aliphatic rings. The van der Waals surface area contributed by atoms with Gasteiger partial charge in [0.05, 0.1) is 5.56 Å². The van der Waals surface area contributed by atoms with Crippen LogP contribution in [0.3, 0.4) is 0 Å². The van der Waals surface area contributed by atoms with Gasteiger partial charge in [-0.15, -0.1) is 0 Å². The minimum absolute atomic E-state index is 0.300. The number of aliphatic hydroxyl groups is 1. The van der Waals surface area contributed by atoms with Crippen molar-refractivity contribution in [1.82, 2.24) is 0 Å². The summed E-state index contributed by atoms with van der Waals surface area (Å²) in [6.07, 6.45) is 0. The second-order valence-electron chi connectivity index (χ2n) is 3.86. The third-order valence-corrected chi connectivity index (χ3v) is 2.57. The zero-order valence-corrected chi connectivity index (χ0v) is 10.4. The number of aliphatic hydroxyl groups excluding tert-OH is 1. The first-order valence-corrected chi connectivity index (χ1v) is 5.82. The molecule has 96 valence electrons. The summed E-state index contributed by atoms with van der Waals surface area (Å²) in [6, 6.07) is 19.0. The van der Waals surface area contributed by atoms with Crippen LogP contribution in [0.1, 0.15) is 5.56 Å². The van der Waals surface area contributed by atoms with Crippen molar-refractivity contribution in [3.63, 3.8) is 0 Å². The van der Waals surface area contributed by atoms with E-state index in [0.717, 1.165) is 0 Å². The molecular weight excluding hydrogens is 252 g/mol. The number of nitrogens with zero attached hydrogens (tertiary/aromatic N) is 2. The fraction of sp³-hybridized carbons (Fsp3) is 0. The number of hydrogen-bond donors (Lipinski definition) is 1. The molecule has 0 unspecified atom stereocenters. The Morgan fingerprint density at radius 2 is 1.50 bits per heavy atom. The first kappa shape index (κ1) is 13.2. The van der Waals surface area contributed by atoms with E-state index in [1.165, 1.54) is 0 Å². The van der Waals surface area contributed by atoms with Gasteiger partial charge in [0.1, 0.15) is 23.6 Å². The molecule has 0 fully saturated rings. The van der Waals surface area contributed by atoms with Gasteiger partial charge in [0.2, 0.25) is 0 Å². The van der Waals surface area contributed by atoms with Crippen LogP contribution in [0.5, 0.6) is 11.5 Å². The summed E-state index contributed by atoms with van der Waals surface area (Å²) in [5.41, 5.74) is -0.0523. The van der Waals surface area contributed by atoms with Crippen molar-refractivity contribution in [3.05, 3.63) is 65.7 Å².